The van der Waals surface area contributed by atoms with Gasteiger partial charge < -0.3 is 10.1 Å². The number of halogens is 4. The normalized spacial score (nSPS) is 11.8. The fourth-order valence-electron chi connectivity index (χ4n) is 5.56. The molecule has 5 aromatic rings. The Labute approximate surface area is 278 Å². The van der Waals surface area contributed by atoms with Crippen LogP contribution < -0.4 is 10.1 Å². The van der Waals surface area contributed by atoms with E-state index < -0.39 is 11.7 Å². The third kappa shape index (κ3) is 9.94. The van der Waals surface area contributed by atoms with Crippen LogP contribution in [0.25, 0.3) is 0 Å². The summed E-state index contributed by atoms with van der Waals surface area (Å²) in [6.07, 6.45) is -2.93. The van der Waals surface area contributed by atoms with Gasteiger partial charge in [-0.05, 0) is 71.3 Å². The van der Waals surface area contributed by atoms with Crippen molar-refractivity contribution in [1.29, 1.82) is 0 Å². The highest BCUT2D eigenvalue weighted by molar-refractivity contribution is 7.09. The fraction of sp³-hybridized carbons (Fsp3) is 0.263. The van der Waals surface area contributed by atoms with Crippen molar-refractivity contribution in [1.82, 2.24) is 10.2 Å². The predicted molar refractivity (Wildman–Crippen MR) is 183 cm³/mol. The van der Waals surface area contributed by atoms with Gasteiger partial charge in [-0.15, -0.1) is 11.3 Å². The zero-order valence-electron chi connectivity index (χ0n) is 25.6. The molecule has 1 N–H and O–H groups in total. The molecular formula is C38H38ClF3N2OS. The molecule has 5 rings (SSSR count). The smallest absolute Gasteiger partial charge is 0.417 e. The minimum Gasteiger partial charge on any atom is -0.494 e. The Bertz CT molecular complexity index is 1580. The molecule has 0 aliphatic rings. The van der Waals surface area contributed by atoms with Gasteiger partial charge in [-0.25, -0.2) is 0 Å². The molecular weight excluding hydrogens is 625 g/mol. The highest BCUT2D eigenvalue weighted by Crippen LogP contribution is 2.37. The van der Waals surface area contributed by atoms with Crippen LogP contribution in [0.3, 0.4) is 0 Å². The first-order valence-corrected chi connectivity index (χ1v) is 16.7. The monoisotopic (exact) mass is 662 g/mol. The molecule has 0 amide bonds. The second-order valence-corrected chi connectivity index (χ2v) is 12.7. The third-order valence-electron chi connectivity index (χ3n) is 7.88. The Morgan fingerprint density at radius 3 is 2.22 bits per heavy atom. The SMILES string of the molecule is FC(F)(F)c1cccc(CN(CCCOc2cccc(CCNCc3cccs3)c2)CC(c2ccccc2)c2ccccc2)c1Cl. The number of alkyl halides is 3. The molecule has 0 radical (unpaired) electrons. The van der Waals surface area contributed by atoms with Gasteiger partial charge >= 0.3 is 6.18 Å². The number of hydrogen-bond donors (Lipinski definition) is 1. The molecule has 1 heterocycles. The summed E-state index contributed by atoms with van der Waals surface area (Å²) in [6, 6.07) is 36.9. The lowest BCUT2D eigenvalue weighted by Crippen LogP contribution is -2.31. The van der Waals surface area contributed by atoms with E-state index in [4.69, 9.17) is 16.3 Å². The standard InChI is InChI=1S/C38H38ClF3N2OS/c39-37-32(16-8-19-36(37)38(40,41)42)27-44(28-35(30-12-3-1-4-13-30)31-14-5-2-6-15-31)22-10-23-45-33-17-7-11-29(25-33)20-21-43-26-34-18-9-24-46-34/h1-9,11-19,24-25,35,43H,10,20-23,26-28H2. The zero-order chi connectivity index (χ0) is 32.2. The molecule has 0 atom stereocenters. The van der Waals surface area contributed by atoms with Crippen LogP contribution in [0.1, 0.15) is 45.0 Å². The number of nitrogens with one attached hydrogen (secondary N) is 1. The van der Waals surface area contributed by atoms with Crippen LogP contribution in [0.15, 0.2) is 121 Å². The van der Waals surface area contributed by atoms with Gasteiger partial charge in [0.25, 0.3) is 0 Å². The predicted octanol–water partition coefficient (Wildman–Crippen LogP) is 9.86. The number of ether oxygens (including phenoxy) is 1. The van der Waals surface area contributed by atoms with E-state index in [9.17, 15) is 13.2 Å². The van der Waals surface area contributed by atoms with Gasteiger partial charge in [0, 0.05) is 37.0 Å². The molecule has 0 bridgehead atoms. The van der Waals surface area contributed by atoms with Gasteiger partial charge in [0.05, 0.1) is 17.2 Å². The van der Waals surface area contributed by atoms with E-state index in [-0.39, 0.29) is 17.5 Å². The van der Waals surface area contributed by atoms with Gasteiger partial charge in [-0.2, -0.15) is 13.2 Å². The Morgan fingerprint density at radius 2 is 1.54 bits per heavy atom. The van der Waals surface area contributed by atoms with Crippen molar-refractivity contribution < 1.29 is 17.9 Å². The molecule has 0 aliphatic carbocycles. The minimum atomic E-state index is -4.52. The van der Waals surface area contributed by atoms with Crippen molar-refractivity contribution in [2.75, 3.05) is 26.2 Å². The average molecular weight is 663 g/mol. The number of rotatable bonds is 16. The summed E-state index contributed by atoms with van der Waals surface area (Å²) in [7, 11) is 0. The maximum atomic E-state index is 13.7. The molecule has 0 unspecified atom stereocenters. The summed E-state index contributed by atoms with van der Waals surface area (Å²) in [4.78, 5) is 3.51. The molecule has 0 spiro atoms. The van der Waals surface area contributed by atoms with Crippen LogP contribution in [-0.2, 0) is 25.7 Å². The first kappa shape index (κ1) is 33.7. The van der Waals surface area contributed by atoms with Gasteiger partial charge in [-0.3, -0.25) is 4.90 Å². The molecule has 240 valence electrons. The molecule has 46 heavy (non-hydrogen) atoms. The van der Waals surface area contributed by atoms with Crippen molar-refractivity contribution in [2.45, 2.75) is 38.0 Å². The summed E-state index contributed by atoms with van der Waals surface area (Å²) in [6.45, 7) is 3.73. The second-order valence-electron chi connectivity index (χ2n) is 11.2. The fourth-order valence-corrected chi connectivity index (χ4v) is 6.52. The van der Waals surface area contributed by atoms with Gasteiger partial charge in [0.1, 0.15) is 5.75 Å². The molecule has 3 nitrogen and oxygen atoms in total. The summed E-state index contributed by atoms with van der Waals surface area (Å²) in [5.41, 5.74) is 3.14. The Morgan fingerprint density at radius 1 is 0.826 bits per heavy atom. The maximum absolute atomic E-state index is 13.7. The molecule has 0 fully saturated rings. The topological polar surface area (TPSA) is 24.5 Å². The van der Waals surface area contributed by atoms with Crippen molar-refractivity contribution in [3.05, 3.63) is 158 Å². The Kier molecular flexibility index (Phi) is 12.3. The number of thiophene rings is 1. The van der Waals surface area contributed by atoms with Crippen LogP contribution in [-0.4, -0.2) is 31.1 Å². The van der Waals surface area contributed by atoms with E-state index in [0.717, 1.165) is 42.5 Å². The van der Waals surface area contributed by atoms with Crippen LogP contribution in [0, 0.1) is 0 Å². The largest absolute Gasteiger partial charge is 0.494 e. The summed E-state index contributed by atoms with van der Waals surface area (Å²) in [5.74, 6) is 0.840. The van der Waals surface area contributed by atoms with E-state index in [1.165, 1.54) is 16.5 Å². The highest BCUT2D eigenvalue weighted by atomic mass is 35.5. The number of nitrogens with zero attached hydrogens (tertiary/aromatic N) is 1. The van der Waals surface area contributed by atoms with Crippen molar-refractivity contribution in [3.8, 4) is 5.75 Å². The van der Waals surface area contributed by atoms with Crippen LogP contribution in [0.2, 0.25) is 5.02 Å². The molecule has 4 aromatic carbocycles. The van der Waals surface area contributed by atoms with Crippen LogP contribution in [0.4, 0.5) is 13.2 Å². The van der Waals surface area contributed by atoms with E-state index in [0.29, 0.717) is 31.7 Å². The molecule has 0 saturated heterocycles. The summed E-state index contributed by atoms with van der Waals surface area (Å²) >= 11 is 8.11. The van der Waals surface area contributed by atoms with Gasteiger partial charge in [-0.1, -0.05) is 103 Å². The number of benzene rings is 4. The summed E-state index contributed by atoms with van der Waals surface area (Å²) < 4.78 is 47.2. The molecule has 8 heteroatoms. The second kappa shape index (κ2) is 16.8. The first-order valence-electron chi connectivity index (χ1n) is 15.5. The first-order chi connectivity index (χ1) is 22.4. The highest BCUT2D eigenvalue weighted by Gasteiger charge is 2.34. The molecule has 1 aromatic heterocycles. The van der Waals surface area contributed by atoms with E-state index in [1.54, 1.807) is 17.4 Å². The minimum absolute atomic E-state index is 0.0259. The number of hydrogen-bond acceptors (Lipinski definition) is 4. The van der Waals surface area contributed by atoms with E-state index in [2.05, 4.69) is 64.1 Å². The average Bonchev–Trinajstić information content (AvgIpc) is 3.59. The molecule has 0 aliphatic heterocycles. The maximum Gasteiger partial charge on any atom is 0.417 e. The molecule has 0 saturated carbocycles. The van der Waals surface area contributed by atoms with Crippen molar-refractivity contribution in [3.63, 3.8) is 0 Å². The van der Waals surface area contributed by atoms with E-state index in [1.807, 2.05) is 48.5 Å². The quantitative estimate of drug-likeness (QED) is 0.106. The lowest BCUT2D eigenvalue weighted by Gasteiger charge is -2.29. The van der Waals surface area contributed by atoms with Crippen molar-refractivity contribution in [2.24, 2.45) is 0 Å². The Hall–Kier alpha value is -3.62. The zero-order valence-corrected chi connectivity index (χ0v) is 27.1. The van der Waals surface area contributed by atoms with Crippen molar-refractivity contribution >= 4 is 22.9 Å². The lowest BCUT2D eigenvalue weighted by atomic mass is 9.90. The summed E-state index contributed by atoms with van der Waals surface area (Å²) in [5, 5.41) is 5.33. The lowest BCUT2D eigenvalue weighted by molar-refractivity contribution is -0.137. The third-order valence-corrected chi connectivity index (χ3v) is 9.20. The van der Waals surface area contributed by atoms with Crippen LogP contribution >= 0.6 is 22.9 Å². The van der Waals surface area contributed by atoms with E-state index >= 15 is 0 Å². The van der Waals surface area contributed by atoms with Gasteiger partial charge in [0.15, 0.2) is 0 Å². The van der Waals surface area contributed by atoms with Crippen LogP contribution in [0.5, 0.6) is 5.75 Å². The Balaban J connectivity index is 1.25. The van der Waals surface area contributed by atoms with Gasteiger partial charge in [0.2, 0.25) is 0 Å².